The van der Waals surface area contributed by atoms with Crippen molar-refractivity contribution in [3.63, 3.8) is 0 Å². The number of anilines is 1. The molecular formula is C19H24ClN3O2S. The molecule has 7 heteroatoms. The van der Waals surface area contributed by atoms with Crippen molar-refractivity contribution in [2.75, 3.05) is 32.0 Å². The van der Waals surface area contributed by atoms with E-state index >= 15 is 0 Å². The first-order valence-corrected chi connectivity index (χ1v) is 9.74. The van der Waals surface area contributed by atoms with Crippen LogP contribution in [0.5, 0.6) is 0 Å². The SMILES string of the molecule is CCN(CC)C(=O)c1cccc(NC(=O)CN(C)Cc2ccc(Cl)s2)c1. The van der Waals surface area contributed by atoms with E-state index in [1.54, 1.807) is 29.2 Å². The fourth-order valence-electron chi connectivity index (χ4n) is 2.63. The average Bonchev–Trinajstić information content (AvgIpc) is 3.00. The molecule has 2 amide bonds. The van der Waals surface area contributed by atoms with Gasteiger partial charge in [-0.15, -0.1) is 11.3 Å². The zero-order valence-corrected chi connectivity index (χ0v) is 16.9. The highest BCUT2D eigenvalue weighted by atomic mass is 35.5. The monoisotopic (exact) mass is 393 g/mol. The van der Waals surface area contributed by atoms with Crippen LogP contribution in [0.25, 0.3) is 0 Å². The van der Waals surface area contributed by atoms with E-state index in [0.717, 1.165) is 9.21 Å². The predicted octanol–water partition coefficient (Wildman–Crippen LogP) is 3.95. The molecule has 1 aromatic heterocycles. The van der Waals surface area contributed by atoms with Crippen LogP contribution in [0.1, 0.15) is 29.1 Å². The van der Waals surface area contributed by atoms with Gasteiger partial charge in [-0.1, -0.05) is 17.7 Å². The minimum atomic E-state index is -0.123. The van der Waals surface area contributed by atoms with Gasteiger partial charge in [0.2, 0.25) is 5.91 Å². The van der Waals surface area contributed by atoms with Crippen LogP contribution in [0.3, 0.4) is 0 Å². The number of hydrogen-bond acceptors (Lipinski definition) is 4. The van der Waals surface area contributed by atoms with Crippen molar-refractivity contribution in [1.29, 1.82) is 0 Å². The van der Waals surface area contributed by atoms with E-state index < -0.39 is 0 Å². The van der Waals surface area contributed by atoms with Crippen LogP contribution in [-0.4, -0.2) is 48.3 Å². The molecule has 0 unspecified atom stereocenters. The summed E-state index contributed by atoms with van der Waals surface area (Å²) in [6, 6.07) is 10.9. The van der Waals surface area contributed by atoms with Crippen LogP contribution in [0.2, 0.25) is 4.34 Å². The molecule has 0 atom stereocenters. The molecule has 0 aliphatic carbocycles. The third-order valence-corrected chi connectivity index (χ3v) is 5.13. The highest BCUT2D eigenvalue weighted by Gasteiger charge is 2.14. The molecule has 1 heterocycles. The maximum atomic E-state index is 12.4. The van der Waals surface area contributed by atoms with Gasteiger partial charge < -0.3 is 10.2 Å². The van der Waals surface area contributed by atoms with E-state index in [-0.39, 0.29) is 18.4 Å². The number of nitrogens with zero attached hydrogens (tertiary/aromatic N) is 2. The van der Waals surface area contributed by atoms with Crippen LogP contribution in [0, 0.1) is 0 Å². The van der Waals surface area contributed by atoms with Crippen molar-refractivity contribution in [3.05, 3.63) is 51.2 Å². The number of carbonyl (C=O) groups excluding carboxylic acids is 2. The van der Waals surface area contributed by atoms with Crippen molar-refractivity contribution < 1.29 is 9.59 Å². The lowest BCUT2D eigenvalue weighted by Gasteiger charge is -2.19. The number of benzene rings is 1. The van der Waals surface area contributed by atoms with Crippen molar-refractivity contribution >= 4 is 40.4 Å². The van der Waals surface area contributed by atoms with Gasteiger partial charge in [0, 0.05) is 35.8 Å². The van der Waals surface area contributed by atoms with E-state index in [1.165, 1.54) is 11.3 Å². The first kappa shape index (κ1) is 20.4. The van der Waals surface area contributed by atoms with Crippen molar-refractivity contribution in [2.45, 2.75) is 20.4 Å². The molecule has 26 heavy (non-hydrogen) atoms. The Morgan fingerprint density at radius 1 is 1.15 bits per heavy atom. The fourth-order valence-corrected chi connectivity index (χ4v) is 3.80. The van der Waals surface area contributed by atoms with E-state index in [0.29, 0.717) is 30.9 Å². The molecule has 0 aliphatic rings. The average molecular weight is 394 g/mol. The zero-order valence-electron chi connectivity index (χ0n) is 15.3. The number of hydrogen-bond donors (Lipinski definition) is 1. The Kier molecular flexibility index (Phi) is 7.63. The first-order chi connectivity index (χ1) is 12.4. The highest BCUT2D eigenvalue weighted by Crippen LogP contribution is 2.22. The maximum absolute atomic E-state index is 12.4. The number of halogens is 1. The Balaban J connectivity index is 1.94. The first-order valence-electron chi connectivity index (χ1n) is 8.54. The van der Waals surface area contributed by atoms with Crippen molar-refractivity contribution in [2.24, 2.45) is 0 Å². The lowest BCUT2D eigenvalue weighted by Crippen LogP contribution is -2.31. The summed E-state index contributed by atoms with van der Waals surface area (Å²) in [6.45, 7) is 6.12. The summed E-state index contributed by atoms with van der Waals surface area (Å²) in [5.74, 6) is -0.152. The fraction of sp³-hybridized carbons (Fsp3) is 0.368. The quantitative estimate of drug-likeness (QED) is 0.738. The second-order valence-corrected chi connectivity index (χ2v) is 7.78. The molecular weight excluding hydrogens is 370 g/mol. The second kappa shape index (κ2) is 9.71. The molecule has 5 nitrogen and oxygen atoms in total. The Hall–Kier alpha value is -1.89. The summed E-state index contributed by atoms with van der Waals surface area (Å²) in [5, 5.41) is 2.86. The molecule has 2 aromatic rings. The van der Waals surface area contributed by atoms with E-state index in [1.807, 2.05) is 37.9 Å². The third kappa shape index (κ3) is 5.83. The van der Waals surface area contributed by atoms with Crippen LogP contribution in [0.4, 0.5) is 5.69 Å². The van der Waals surface area contributed by atoms with Gasteiger partial charge in [-0.3, -0.25) is 14.5 Å². The van der Waals surface area contributed by atoms with Crippen LogP contribution in [0.15, 0.2) is 36.4 Å². The van der Waals surface area contributed by atoms with E-state index in [2.05, 4.69) is 5.32 Å². The minimum Gasteiger partial charge on any atom is -0.339 e. The summed E-state index contributed by atoms with van der Waals surface area (Å²) in [6.07, 6.45) is 0. The third-order valence-electron chi connectivity index (χ3n) is 3.91. The molecule has 0 aliphatic heterocycles. The lowest BCUT2D eigenvalue weighted by molar-refractivity contribution is -0.117. The van der Waals surface area contributed by atoms with Gasteiger partial charge in [0.25, 0.3) is 5.91 Å². The zero-order chi connectivity index (χ0) is 19.1. The molecule has 0 bridgehead atoms. The summed E-state index contributed by atoms with van der Waals surface area (Å²) < 4.78 is 0.743. The highest BCUT2D eigenvalue weighted by molar-refractivity contribution is 7.16. The maximum Gasteiger partial charge on any atom is 0.253 e. The summed E-state index contributed by atoms with van der Waals surface area (Å²) >= 11 is 7.44. The molecule has 0 fully saturated rings. The normalized spacial score (nSPS) is 10.8. The van der Waals surface area contributed by atoms with Crippen molar-refractivity contribution in [3.8, 4) is 0 Å². The molecule has 0 saturated heterocycles. The van der Waals surface area contributed by atoms with Crippen LogP contribution >= 0.6 is 22.9 Å². The molecule has 140 valence electrons. The number of likely N-dealkylation sites (N-methyl/N-ethyl adjacent to an activating group) is 1. The van der Waals surface area contributed by atoms with Crippen LogP contribution < -0.4 is 5.32 Å². The largest absolute Gasteiger partial charge is 0.339 e. The van der Waals surface area contributed by atoms with E-state index in [4.69, 9.17) is 11.6 Å². The second-order valence-electron chi connectivity index (χ2n) is 5.98. The minimum absolute atomic E-state index is 0.0298. The van der Waals surface area contributed by atoms with Gasteiger partial charge in [-0.05, 0) is 51.2 Å². The molecule has 2 rings (SSSR count). The predicted molar refractivity (Wildman–Crippen MR) is 108 cm³/mol. The lowest BCUT2D eigenvalue weighted by atomic mass is 10.1. The van der Waals surface area contributed by atoms with Gasteiger partial charge in [-0.25, -0.2) is 0 Å². The number of nitrogens with one attached hydrogen (secondary N) is 1. The number of rotatable bonds is 8. The van der Waals surface area contributed by atoms with E-state index in [9.17, 15) is 9.59 Å². The van der Waals surface area contributed by atoms with Gasteiger partial charge in [0.1, 0.15) is 0 Å². The molecule has 0 saturated carbocycles. The molecule has 1 N–H and O–H groups in total. The molecule has 1 aromatic carbocycles. The van der Waals surface area contributed by atoms with Gasteiger partial charge >= 0.3 is 0 Å². The Morgan fingerprint density at radius 3 is 2.50 bits per heavy atom. The summed E-state index contributed by atoms with van der Waals surface area (Å²) in [4.78, 5) is 29.5. The van der Waals surface area contributed by atoms with Gasteiger partial charge in [0.05, 0.1) is 10.9 Å². The molecule has 0 radical (unpaired) electrons. The number of thiophene rings is 1. The summed E-state index contributed by atoms with van der Waals surface area (Å²) in [7, 11) is 1.88. The van der Waals surface area contributed by atoms with Gasteiger partial charge in [-0.2, -0.15) is 0 Å². The summed E-state index contributed by atoms with van der Waals surface area (Å²) in [5.41, 5.74) is 1.20. The van der Waals surface area contributed by atoms with Crippen molar-refractivity contribution in [1.82, 2.24) is 9.80 Å². The van der Waals surface area contributed by atoms with Gasteiger partial charge in [0.15, 0.2) is 0 Å². The Bertz CT molecular complexity index is 759. The molecule has 0 spiro atoms. The number of carbonyl (C=O) groups is 2. The van der Waals surface area contributed by atoms with Crippen LogP contribution in [-0.2, 0) is 11.3 Å². The standard InChI is InChI=1S/C19H24ClN3O2S/c1-4-23(5-2)19(25)14-7-6-8-15(11-14)21-18(24)13-22(3)12-16-9-10-17(20)26-16/h6-11H,4-5,12-13H2,1-3H3,(H,21,24). The Labute approximate surface area is 163 Å². The number of amides is 2. The Morgan fingerprint density at radius 2 is 1.88 bits per heavy atom. The topological polar surface area (TPSA) is 52.7 Å². The smallest absolute Gasteiger partial charge is 0.253 e.